The molecule has 1 aliphatic rings. The van der Waals surface area contributed by atoms with Crippen molar-refractivity contribution in [1.29, 1.82) is 0 Å². The quantitative estimate of drug-likeness (QED) is 0.930. The summed E-state index contributed by atoms with van der Waals surface area (Å²) >= 11 is 3.52. The van der Waals surface area contributed by atoms with E-state index >= 15 is 0 Å². The summed E-state index contributed by atoms with van der Waals surface area (Å²) in [5, 5.41) is 9.13. The molecular formula is C16H15BrO3. The molecule has 1 heterocycles. The van der Waals surface area contributed by atoms with Crippen molar-refractivity contribution in [3.8, 4) is 11.5 Å². The SMILES string of the molecule is OCc1cccc(OCc2cc(Br)cc3c2OCC3)c1. The van der Waals surface area contributed by atoms with E-state index in [4.69, 9.17) is 14.6 Å². The number of ether oxygens (including phenoxy) is 2. The van der Waals surface area contributed by atoms with E-state index in [2.05, 4.69) is 22.0 Å². The van der Waals surface area contributed by atoms with Crippen LogP contribution in [-0.4, -0.2) is 11.7 Å². The van der Waals surface area contributed by atoms with Crippen LogP contribution in [0.2, 0.25) is 0 Å². The van der Waals surface area contributed by atoms with E-state index in [1.54, 1.807) is 0 Å². The monoisotopic (exact) mass is 334 g/mol. The van der Waals surface area contributed by atoms with Gasteiger partial charge in [0.05, 0.1) is 13.2 Å². The molecule has 0 aromatic heterocycles. The average Bonchev–Trinajstić information content (AvgIpc) is 2.93. The second kappa shape index (κ2) is 5.85. The topological polar surface area (TPSA) is 38.7 Å². The molecule has 4 heteroatoms. The third kappa shape index (κ3) is 2.81. The van der Waals surface area contributed by atoms with E-state index < -0.39 is 0 Å². The molecule has 2 aromatic carbocycles. The van der Waals surface area contributed by atoms with Crippen LogP contribution in [0.5, 0.6) is 11.5 Å². The molecular weight excluding hydrogens is 320 g/mol. The average molecular weight is 335 g/mol. The Morgan fingerprint density at radius 1 is 1.25 bits per heavy atom. The number of aliphatic hydroxyl groups excluding tert-OH is 1. The van der Waals surface area contributed by atoms with Gasteiger partial charge in [-0.1, -0.05) is 28.1 Å². The molecule has 2 aromatic rings. The van der Waals surface area contributed by atoms with Gasteiger partial charge in [-0.15, -0.1) is 0 Å². The minimum atomic E-state index is 0.0204. The lowest BCUT2D eigenvalue weighted by molar-refractivity contribution is 0.276. The Balaban J connectivity index is 1.78. The van der Waals surface area contributed by atoms with Gasteiger partial charge in [-0.25, -0.2) is 0 Å². The van der Waals surface area contributed by atoms with Crippen molar-refractivity contribution in [2.24, 2.45) is 0 Å². The molecule has 0 saturated heterocycles. The van der Waals surface area contributed by atoms with E-state index in [0.29, 0.717) is 6.61 Å². The van der Waals surface area contributed by atoms with E-state index in [-0.39, 0.29) is 6.61 Å². The van der Waals surface area contributed by atoms with Crippen LogP contribution >= 0.6 is 15.9 Å². The molecule has 104 valence electrons. The number of halogens is 1. The van der Waals surface area contributed by atoms with E-state index in [1.165, 1.54) is 5.56 Å². The zero-order chi connectivity index (χ0) is 13.9. The van der Waals surface area contributed by atoms with Crippen LogP contribution in [0.1, 0.15) is 16.7 Å². The third-order valence-corrected chi connectivity index (χ3v) is 3.76. The molecule has 0 bridgehead atoms. The predicted octanol–water partition coefficient (Wildman–Crippen LogP) is 3.46. The Morgan fingerprint density at radius 2 is 2.15 bits per heavy atom. The minimum Gasteiger partial charge on any atom is -0.493 e. The number of hydrogen-bond donors (Lipinski definition) is 1. The maximum Gasteiger partial charge on any atom is 0.129 e. The molecule has 0 aliphatic carbocycles. The summed E-state index contributed by atoms with van der Waals surface area (Å²) < 4.78 is 12.5. The van der Waals surface area contributed by atoms with Crippen LogP contribution in [0.4, 0.5) is 0 Å². The molecule has 1 N–H and O–H groups in total. The fourth-order valence-corrected chi connectivity index (χ4v) is 2.90. The van der Waals surface area contributed by atoms with E-state index in [1.807, 2.05) is 30.3 Å². The Morgan fingerprint density at radius 3 is 3.00 bits per heavy atom. The van der Waals surface area contributed by atoms with Gasteiger partial charge in [0.1, 0.15) is 18.1 Å². The zero-order valence-corrected chi connectivity index (χ0v) is 12.5. The normalized spacial score (nSPS) is 12.9. The molecule has 0 unspecified atom stereocenters. The summed E-state index contributed by atoms with van der Waals surface area (Å²) in [4.78, 5) is 0. The first kappa shape index (κ1) is 13.5. The predicted molar refractivity (Wildman–Crippen MR) is 80.0 cm³/mol. The largest absolute Gasteiger partial charge is 0.493 e. The van der Waals surface area contributed by atoms with Gasteiger partial charge >= 0.3 is 0 Å². The standard InChI is InChI=1S/C16H15BrO3/c17-14-7-12-4-5-19-16(12)13(8-14)10-20-15-3-1-2-11(6-15)9-18/h1-3,6-8,18H,4-5,9-10H2. The summed E-state index contributed by atoms with van der Waals surface area (Å²) in [6.07, 6.45) is 0.946. The van der Waals surface area contributed by atoms with Crippen LogP contribution in [0.3, 0.4) is 0 Å². The van der Waals surface area contributed by atoms with Gasteiger partial charge in [-0.3, -0.25) is 0 Å². The van der Waals surface area contributed by atoms with Gasteiger partial charge in [0.15, 0.2) is 0 Å². The van der Waals surface area contributed by atoms with Crippen LogP contribution < -0.4 is 9.47 Å². The highest BCUT2D eigenvalue weighted by atomic mass is 79.9. The molecule has 0 spiro atoms. The van der Waals surface area contributed by atoms with E-state index in [0.717, 1.165) is 40.1 Å². The molecule has 0 atom stereocenters. The first-order chi connectivity index (χ1) is 9.76. The highest BCUT2D eigenvalue weighted by molar-refractivity contribution is 9.10. The molecule has 0 fully saturated rings. The lowest BCUT2D eigenvalue weighted by atomic mass is 10.1. The van der Waals surface area contributed by atoms with Gasteiger partial charge in [0.25, 0.3) is 0 Å². The highest BCUT2D eigenvalue weighted by Crippen LogP contribution is 2.33. The van der Waals surface area contributed by atoms with Crippen molar-refractivity contribution < 1.29 is 14.6 Å². The van der Waals surface area contributed by atoms with Crippen molar-refractivity contribution >= 4 is 15.9 Å². The highest BCUT2D eigenvalue weighted by Gasteiger charge is 2.17. The summed E-state index contributed by atoms with van der Waals surface area (Å²) in [5.74, 6) is 1.70. The first-order valence-corrected chi connectivity index (χ1v) is 7.32. The summed E-state index contributed by atoms with van der Waals surface area (Å²) in [5.41, 5.74) is 3.11. The number of benzene rings is 2. The Labute approximate surface area is 126 Å². The summed E-state index contributed by atoms with van der Waals surface area (Å²) in [7, 11) is 0. The van der Waals surface area contributed by atoms with Gasteiger partial charge in [-0.2, -0.15) is 0 Å². The number of rotatable bonds is 4. The number of fused-ring (bicyclic) bond motifs is 1. The Hall–Kier alpha value is -1.52. The Kier molecular flexibility index (Phi) is 3.94. The van der Waals surface area contributed by atoms with E-state index in [9.17, 15) is 0 Å². The summed E-state index contributed by atoms with van der Waals surface area (Å²) in [6, 6.07) is 11.6. The van der Waals surface area contributed by atoms with Gasteiger partial charge in [0, 0.05) is 16.5 Å². The zero-order valence-electron chi connectivity index (χ0n) is 10.9. The molecule has 0 amide bonds. The second-order valence-corrected chi connectivity index (χ2v) is 5.66. The molecule has 20 heavy (non-hydrogen) atoms. The molecule has 0 radical (unpaired) electrons. The van der Waals surface area contributed by atoms with Gasteiger partial charge in [0.2, 0.25) is 0 Å². The lowest BCUT2D eigenvalue weighted by Gasteiger charge is -2.11. The summed E-state index contributed by atoms with van der Waals surface area (Å²) in [6.45, 7) is 1.21. The minimum absolute atomic E-state index is 0.0204. The van der Waals surface area contributed by atoms with Crippen molar-refractivity contribution in [3.63, 3.8) is 0 Å². The van der Waals surface area contributed by atoms with Gasteiger partial charge in [-0.05, 0) is 35.4 Å². The first-order valence-electron chi connectivity index (χ1n) is 6.53. The van der Waals surface area contributed by atoms with Crippen LogP contribution in [0, 0.1) is 0 Å². The molecule has 0 saturated carbocycles. The maximum atomic E-state index is 9.13. The van der Waals surface area contributed by atoms with Crippen LogP contribution in [0.25, 0.3) is 0 Å². The van der Waals surface area contributed by atoms with Crippen LogP contribution in [0.15, 0.2) is 40.9 Å². The molecule has 3 rings (SSSR count). The van der Waals surface area contributed by atoms with Crippen LogP contribution in [-0.2, 0) is 19.6 Å². The molecule has 1 aliphatic heterocycles. The molecule has 3 nitrogen and oxygen atoms in total. The Bertz CT molecular complexity index is 625. The van der Waals surface area contributed by atoms with Gasteiger partial charge < -0.3 is 14.6 Å². The number of hydrogen-bond acceptors (Lipinski definition) is 3. The van der Waals surface area contributed by atoms with Crippen molar-refractivity contribution in [2.75, 3.05) is 6.61 Å². The fourth-order valence-electron chi connectivity index (χ4n) is 2.35. The second-order valence-electron chi connectivity index (χ2n) is 4.75. The smallest absolute Gasteiger partial charge is 0.129 e. The number of aliphatic hydroxyl groups is 1. The lowest BCUT2D eigenvalue weighted by Crippen LogP contribution is -1.99. The third-order valence-electron chi connectivity index (χ3n) is 3.30. The maximum absolute atomic E-state index is 9.13. The van der Waals surface area contributed by atoms with Crippen molar-refractivity contribution in [2.45, 2.75) is 19.6 Å². The van der Waals surface area contributed by atoms with Crippen molar-refractivity contribution in [1.82, 2.24) is 0 Å². The fraction of sp³-hybridized carbons (Fsp3) is 0.250. The van der Waals surface area contributed by atoms with Crippen molar-refractivity contribution in [3.05, 3.63) is 57.6 Å².